The van der Waals surface area contributed by atoms with Crippen LogP contribution in [-0.2, 0) is 6.54 Å². The molecule has 1 saturated heterocycles. The number of alkyl halides is 3. The van der Waals surface area contributed by atoms with Crippen molar-refractivity contribution < 1.29 is 17.9 Å². The predicted octanol–water partition coefficient (Wildman–Crippen LogP) is 3.36. The van der Waals surface area contributed by atoms with Crippen LogP contribution >= 0.6 is 0 Å². The van der Waals surface area contributed by atoms with E-state index in [1.54, 1.807) is 12.1 Å². The third-order valence-corrected chi connectivity index (χ3v) is 4.62. The summed E-state index contributed by atoms with van der Waals surface area (Å²) in [6.45, 7) is 3.21. The number of rotatable bonds is 7. The molecule has 1 fully saturated rings. The largest absolute Gasteiger partial charge is 0.468 e. The number of anilines is 1. The zero-order valence-electron chi connectivity index (χ0n) is 16.8. The third-order valence-electron chi connectivity index (χ3n) is 4.62. The average Bonchev–Trinajstić information content (AvgIpc) is 3.20. The number of nitrogens with zero attached hydrogens (tertiary/aromatic N) is 3. The highest BCUT2D eigenvalue weighted by atomic mass is 19.4. The Kier molecular flexibility index (Phi) is 7.37. The van der Waals surface area contributed by atoms with Gasteiger partial charge in [0, 0.05) is 43.1 Å². The lowest BCUT2D eigenvalue weighted by atomic mass is 10.2. The highest BCUT2D eigenvalue weighted by molar-refractivity contribution is 5.80. The molecule has 3 rings (SSSR count). The van der Waals surface area contributed by atoms with E-state index in [0.717, 1.165) is 19.5 Å². The summed E-state index contributed by atoms with van der Waals surface area (Å²) in [6, 6.07) is 13.8. The first-order valence-corrected chi connectivity index (χ1v) is 9.93. The van der Waals surface area contributed by atoms with Crippen LogP contribution in [0.25, 0.3) is 0 Å². The summed E-state index contributed by atoms with van der Waals surface area (Å²) in [6.07, 6.45) is -2.05. The standard InChI is InChI=1S/C21H26F3N5O/c1-2-25-20(28-17-10-12-29(14-17)18-8-4-3-5-9-18)27-13-16-7-6-11-26-19(16)30-15-21(22,23)24/h3-9,11,17H,2,10,12-15H2,1H3,(H2,25,27,28). The van der Waals surface area contributed by atoms with E-state index in [-0.39, 0.29) is 18.5 Å². The van der Waals surface area contributed by atoms with Crippen LogP contribution in [0.1, 0.15) is 18.9 Å². The normalized spacial score (nSPS) is 17.1. The predicted molar refractivity (Wildman–Crippen MR) is 111 cm³/mol. The molecule has 2 N–H and O–H groups in total. The van der Waals surface area contributed by atoms with Crippen molar-refractivity contribution in [3.63, 3.8) is 0 Å². The molecule has 1 aromatic carbocycles. The lowest BCUT2D eigenvalue weighted by Gasteiger charge is -2.20. The van der Waals surface area contributed by atoms with Crippen molar-refractivity contribution in [1.82, 2.24) is 15.6 Å². The van der Waals surface area contributed by atoms with Gasteiger partial charge in [-0.05, 0) is 31.5 Å². The molecule has 0 saturated carbocycles. The number of guanidine groups is 1. The fourth-order valence-corrected chi connectivity index (χ4v) is 3.25. The molecular formula is C21H26F3N5O. The molecule has 1 aliphatic heterocycles. The molecule has 0 amide bonds. The number of benzene rings is 1. The number of hydrogen-bond donors (Lipinski definition) is 2. The molecule has 1 aromatic heterocycles. The zero-order valence-corrected chi connectivity index (χ0v) is 16.8. The van der Waals surface area contributed by atoms with Gasteiger partial charge in [0.2, 0.25) is 5.88 Å². The number of para-hydroxylation sites is 1. The van der Waals surface area contributed by atoms with Crippen molar-refractivity contribution in [1.29, 1.82) is 0 Å². The Labute approximate surface area is 174 Å². The van der Waals surface area contributed by atoms with E-state index in [1.807, 2.05) is 25.1 Å². The van der Waals surface area contributed by atoms with E-state index < -0.39 is 12.8 Å². The Hall–Kier alpha value is -2.97. The molecule has 0 spiro atoms. The molecule has 30 heavy (non-hydrogen) atoms. The summed E-state index contributed by atoms with van der Waals surface area (Å²) in [7, 11) is 0. The van der Waals surface area contributed by atoms with Crippen LogP contribution in [0.5, 0.6) is 5.88 Å². The summed E-state index contributed by atoms with van der Waals surface area (Å²) in [5.41, 5.74) is 1.68. The molecule has 1 atom stereocenters. The van der Waals surface area contributed by atoms with Gasteiger partial charge < -0.3 is 20.3 Å². The molecule has 0 aliphatic carbocycles. The third kappa shape index (κ3) is 6.53. The first-order chi connectivity index (χ1) is 14.4. The Morgan fingerprint density at radius 2 is 2.03 bits per heavy atom. The van der Waals surface area contributed by atoms with Gasteiger partial charge in [-0.25, -0.2) is 9.98 Å². The summed E-state index contributed by atoms with van der Waals surface area (Å²) >= 11 is 0. The highest BCUT2D eigenvalue weighted by Gasteiger charge is 2.29. The van der Waals surface area contributed by atoms with E-state index in [9.17, 15) is 13.2 Å². The molecule has 1 unspecified atom stereocenters. The number of nitrogens with one attached hydrogen (secondary N) is 2. The van der Waals surface area contributed by atoms with Gasteiger partial charge in [-0.1, -0.05) is 24.3 Å². The number of hydrogen-bond acceptors (Lipinski definition) is 4. The van der Waals surface area contributed by atoms with Gasteiger partial charge in [-0.3, -0.25) is 0 Å². The van der Waals surface area contributed by atoms with E-state index in [4.69, 9.17) is 4.74 Å². The van der Waals surface area contributed by atoms with Crippen LogP contribution in [0.4, 0.5) is 18.9 Å². The quantitative estimate of drug-likeness (QED) is 0.530. The number of aliphatic imine (C=N–C) groups is 1. The lowest BCUT2D eigenvalue weighted by molar-refractivity contribution is -0.154. The molecule has 1 aliphatic rings. The maximum Gasteiger partial charge on any atom is 0.422 e. The Morgan fingerprint density at radius 3 is 2.77 bits per heavy atom. The minimum atomic E-state index is -4.42. The van der Waals surface area contributed by atoms with Gasteiger partial charge in [-0.2, -0.15) is 13.2 Å². The molecule has 162 valence electrons. The smallest absolute Gasteiger partial charge is 0.422 e. The number of aromatic nitrogens is 1. The van der Waals surface area contributed by atoms with E-state index in [2.05, 4.69) is 37.6 Å². The van der Waals surface area contributed by atoms with Crippen LogP contribution in [0.15, 0.2) is 53.7 Å². The van der Waals surface area contributed by atoms with E-state index in [0.29, 0.717) is 18.1 Å². The van der Waals surface area contributed by atoms with Crippen molar-refractivity contribution in [2.45, 2.75) is 32.1 Å². The monoisotopic (exact) mass is 421 g/mol. The van der Waals surface area contributed by atoms with Crippen LogP contribution in [0.3, 0.4) is 0 Å². The Balaban J connectivity index is 1.62. The van der Waals surface area contributed by atoms with E-state index >= 15 is 0 Å². The first kappa shape index (κ1) is 21.7. The van der Waals surface area contributed by atoms with Gasteiger partial charge in [0.1, 0.15) is 0 Å². The number of pyridine rings is 1. The summed E-state index contributed by atoms with van der Waals surface area (Å²) < 4.78 is 42.2. The van der Waals surface area contributed by atoms with Crippen molar-refractivity contribution in [2.75, 3.05) is 31.1 Å². The molecule has 2 heterocycles. The van der Waals surface area contributed by atoms with E-state index in [1.165, 1.54) is 11.9 Å². The van der Waals surface area contributed by atoms with Crippen molar-refractivity contribution in [3.05, 3.63) is 54.2 Å². The van der Waals surface area contributed by atoms with Gasteiger partial charge in [0.15, 0.2) is 12.6 Å². The van der Waals surface area contributed by atoms with Crippen molar-refractivity contribution in [2.24, 2.45) is 4.99 Å². The molecule has 0 bridgehead atoms. The average molecular weight is 421 g/mol. The van der Waals surface area contributed by atoms with Crippen LogP contribution in [0, 0.1) is 0 Å². The second-order valence-corrected chi connectivity index (χ2v) is 6.98. The molecular weight excluding hydrogens is 395 g/mol. The molecule has 0 radical (unpaired) electrons. The fourth-order valence-electron chi connectivity index (χ4n) is 3.25. The second-order valence-electron chi connectivity index (χ2n) is 6.98. The first-order valence-electron chi connectivity index (χ1n) is 9.93. The summed E-state index contributed by atoms with van der Waals surface area (Å²) in [4.78, 5) is 10.7. The summed E-state index contributed by atoms with van der Waals surface area (Å²) in [5.74, 6) is 0.563. The highest BCUT2D eigenvalue weighted by Crippen LogP contribution is 2.21. The Morgan fingerprint density at radius 1 is 1.23 bits per heavy atom. The SMILES string of the molecule is CCNC(=NCc1cccnc1OCC(F)(F)F)NC1CCN(c2ccccc2)C1. The number of ether oxygens (including phenoxy) is 1. The van der Waals surface area contributed by atoms with Gasteiger partial charge >= 0.3 is 6.18 Å². The molecule has 6 nitrogen and oxygen atoms in total. The van der Waals surface area contributed by atoms with Crippen molar-refractivity contribution in [3.8, 4) is 5.88 Å². The maximum atomic E-state index is 12.5. The maximum absolute atomic E-state index is 12.5. The minimum Gasteiger partial charge on any atom is -0.468 e. The second kappa shape index (κ2) is 10.2. The van der Waals surface area contributed by atoms with Crippen LogP contribution < -0.4 is 20.3 Å². The molecule has 9 heteroatoms. The zero-order chi connectivity index (χ0) is 21.4. The van der Waals surface area contributed by atoms with Crippen LogP contribution in [0.2, 0.25) is 0 Å². The Bertz CT molecular complexity index is 829. The minimum absolute atomic E-state index is 0.0504. The lowest BCUT2D eigenvalue weighted by Crippen LogP contribution is -2.44. The fraction of sp³-hybridized carbons (Fsp3) is 0.429. The van der Waals surface area contributed by atoms with Crippen LogP contribution in [-0.4, -0.2) is 49.4 Å². The van der Waals surface area contributed by atoms with Gasteiger partial charge in [-0.15, -0.1) is 0 Å². The summed E-state index contributed by atoms with van der Waals surface area (Å²) in [5, 5.41) is 6.61. The van der Waals surface area contributed by atoms with Gasteiger partial charge in [0.05, 0.1) is 6.54 Å². The number of halogens is 3. The topological polar surface area (TPSA) is 61.8 Å². The molecule has 2 aromatic rings. The van der Waals surface area contributed by atoms with Crippen molar-refractivity contribution >= 4 is 11.6 Å². The van der Waals surface area contributed by atoms with Gasteiger partial charge in [0.25, 0.3) is 0 Å².